The van der Waals surface area contributed by atoms with E-state index in [1.54, 1.807) is 23.5 Å². The molecule has 1 aromatic carbocycles. The highest BCUT2D eigenvalue weighted by atomic mass is 32.1. The van der Waals surface area contributed by atoms with Crippen LogP contribution in [-0.2, 0) is 4.74 Å². The van der Waals surface area contributed by atoms with Gasteiger partial charge in [0.05, 0.1) is 19.3 Å². The molecule has 2 aromatic heterocycles. The largest absolute Gasteiger partial charge is 0.419 e. The monoisotopic (exact) mass is 398 g/mol. The van der Waals surface area contributed by atoms with Crippen molar-refractivity contribution in [2.45, 2.75) is 6.04 Å². The fraction of sp³-hybridized carbons (Fsp3) is 0.300. The molecule has 1 atom stereocenters. The van der Waals surface area contributed by atoms with Gasteiger partial charge in [0.1, 0.15) is 11.9 Å². The summed E-state index contributed by atoms with van der Waals surface area (Å²) in [5, 5.41) is 14.7. The SMILES string of the molecule is N#Cc1nc(-c2ccc(F)cc2)oc1NC[C@@H](c1cccs1)N1CCOCC1. The van der Waals surface area contributed by atoms with Gasteiger partial charge >= 0.3 is 0 Å². The average Bonchev–Trinajstić information content (AvgIpc) is 3.40. The summed E-state index contributed by atoms with van der Waals surface area (Å²) in [5.74, 6) is 0.285. The Morgan fingerprint density at radius 2 is 2.04 bits per heavy atom. The van der Waals surface area contributed by atoms with E-state index >= 15 is 0 Å². The van der Waals surface area contributed by atoms with Gasteiger partial charge in [-0.2, -0.15) is 10.2 Å². The van der Waals surface area contributed by atoms with E-state index < -0.39 is 0 Å². The molecule has 8 heteroatoms. The molecule has 1 aliphatic rings. The summed E-state index contributed by atoms with van der Waals surface area (Å²) in [6.07, 6.45) is 0. The second-order valence-corrected chi connectivity index (χ2v) is 7.36. The van der Waals surface area contributed by atoms with Crippen molar-refractivity contribution in [1.82, 2.24) is 9.88 Å². The summed E-state index contributed by atoms with van der Waals surface area (Å²) in [6, 6.07) is 12.2. The molecule has 0 bridgehead atoms. The fourth-order valence-electron chi connectivity index (χ4n) is 3.20. The van der Waals surface area contributed by atoms with Gasteiger partial charge < -0.3 is 14.5 Å². The first kappa shape index (κ1) is 18.6. The van der Waals surface area contributed by atoms with Crippen LogP contribution in [0.15, 0.2) is 46.2 Å². The van der Waals surface area contributed by atoms with E-state index in [-0.39, 0.29) is 23.4 Å². The van der Waals surface area contributed by atoms with Crippen LogP contribution in [0.3, 0.4) is 0 Å². The van der Waals surface area contributed by atoms with Crippen LogP contribution in [-0.4, -0.2) is 42.7 Å². The number of ether oxygens (including phenoxy) is 1. The van der Waals surface area contributed by atoms with Crippen molar-refractivity contribution >= 4 is 17.2 Å². The molecule has 0 unspecified atom stereocenters. The van der Waals surface area contributed by atoms with Crippen LogP contribution in [0.1, 0.15) is 16.6 Å². The molecule has 1 aliphatic heterocycles. The molecule has 3 aromatic rings. The molecule has 1 fully saturated rings. The summed E-state index contributed by atoms with van der Waals surface area (Å²) in [4.78, 5) is 7.85. The van der Waals surface area contributed by atoms with Crippen LogP contribution in [0, 0.1) is 17.1 Å². The van der Waals surface area contributed by atoms with E-state index in [1.165, 1.54) is 17.0 Å². The Hall–Kier alpha value is -2.73. The minimum Gasteiger partial charge on any atom is -0.419 e. The van der Waals surface area contributed by atoms with Gasteiger partial charge in [-0.25, -0.2) is 4.39 Å². The number of morpholine rings is 1. The number of nitrogens with one attached hydrogen (secondary N) is 1. The minimum absolute atomic E-state index is 0.148. The van der Waals surface area contributed by atoms with Gasteiger partial charge in [-0.05, 0) is 35.7 Å². The minimum atomic E-state index is -0.335. The third-order valence-electron chi connectivity index (χ3n) is 4.64. The van der Waals surface area contributed by atoms with Gasteiger partial charge in [0, 0.05) is 30.1 Å². The predicted octanol–water partition coefficient (Wildman–Crippen LogP) is 3.90. The number of halogens is 1. The Kier molecular flexibility index (Phi) is 5.67. The maximum atomic E-state index is 13.1. The zero-order valence-corrected chi connectivity index (χ0v) is 15.9. The number of anilines is 1. The summed E-state index contributed by atoms with van der Waals surface area (Å²) < 4.78 is 24.4. The lowest BCUT2D eigenvalue weighted by atomic mass is 10.2. The van der Waals surface area contributed by atoms with E-state index in [2.05, 4.69) is 32.7 Å². The second kappa shape index (κ2) is 8.52. The number of nitriles is 1. The standard InChI is InChI=1S/C20H19FN4O2S/c21-15-5-3-14(4-6-15)19-24-16(12-22)20(27-19)23-13-17(18-2-1-11-28-18)25-7-9-26-10-8-25/h1-6,11,17,23H,7-10,13H2/t17-/m0/s1. The molecule has 144 valence electrons. The molecule has 0 amide bonds. The Bertz CT molecular complexity index is 944. The highest BCUT2D eigenvalue weighted by Crippen LogP contribution is 2.29. The molecule has 0 saturated carbocycles. The van der Waals surface area contributed by atoms with Crippen molar-refractivity contribution in [2.75, 3.05) is 38.2 Å². The molecule has 28 heavy (non-hydrogen) atoms. The maximum Gasteiger partial charge on any atom is 0.232 e. The number of oxazole rings is 1. The van der Waals surface area contributed by atoms with Crippen LogP contribution in [0.5, 0.6) is 0 Å². The summed E-state index contributed by atoms with van der Waals surface area (Å²) in [7, 11) is 0. The second-order valence-electron chi connectivity index (χ2n) is 6.38. The number of thiophene rings is 1. The van der Waals surface area contributed by atoms with Gasteiger partial charge in [0.25, 0.3) is 0 Å². The zero-order chi connectivity index (χ0) is 19.3. The van der Waals surface area contributed by atoms with E-state index in [0.29, 0.717) is 31.2 Å². The van der Waals surface area contributed by atoms with Gasteiger partial charge in [0.2, 0.25) is 17.5 Å². The molecular formula is C20H19FN4O2S. The first-order valence-electron chi connectivity index (χ1n) is 9.00. The third kappa shape index (κ3) is 4.07. The first-order valence-corrected chi connectivity index (χ1v) is 9.88. The number of hydrogen-bond donors (Lipinski definition) is 1. The van der Waals surface area contributed by atoms with E-state index in [1.807, 2.05) is 6.07 Å². The topological polar surface area (TPSA) is 74.3 Å². The molecule has 0 radical (unpaired) electrons. The number of nitrogens with zero attached hydrogens (tertiary/aromatic N) is 3. The molecule has 0 aliphatic carbocycles. The van der Waals surface area contributed by atoms with Crippen molar-refractivity contribution in [1.29, 1.82) is 5.26 Å². The quantitative estimate of drug-likeness (QED) is 0.679. The third-order valence-corrected chi connectivity index (χ3v) is 5.61. The molecular weight excluding hydrogens is 379 g/mol. The highest BCUT2D eigenvalue weighted by molar-refractivity contribution is 7.10. The molecule has 4 rings (SSSR count). The van der Waals surface area contributed by atoms with Crippen molar-refractivity contribution in [3.63, 3.8) is 0 Å². The lowest BCUT2D eigenvalue weighted by molar-refractivity contribution is 0.0193. The Labute approximate surface area is 166 Å². The molecule has 1 N–H and O–H groups in total. The number of rotatable bonds is 6. The first-order chi connectivity index (χ1) is 13.7. The van der Waals surface area contributed by atoms with Crippen LogP contribution in [0.25, 0.3) is 11.5 Å². The van der Waals surface area contributed by atoms with E-state index in [4.69, 9.17) is 9.15 Å². The zero-order valence-electron chi connectivity index (χ0n) is 15.1. The smallest absolute Gasteiger partial charge is 0.232 e. The fourth-order valence-corrected chi connectivity index (χ4v) is 4.06. The van der Waals surface area contributed by atoms with Crippen molar-refractivity contribution < 1.29 is 13.5 Å². The van der Waals surface area contributed by atoms with Crippen LogP contribution in [0.4, 0.5) is 10.3 Å². The van der Waals surface area contributed by atoms with Crippen LogP contribution < -0.4 is 5.32 Å². The van der Waals surface area contributed by atoms with E-state index in [9.17, 15) is 9.65 Å². The van der Waals surface area contributed by atoms with Crippen LogP contribution >= 0.6 is 11.3 Å². The molecule has 6 nitrogen and oxygen atoms in total. The van der Waals surface area contributed by atoms with Crippen molar-refractivity contribution in [3.05, 3.63) is 58.2 Å². The van der Waals surface area contributed by atoms with Gasteiger partial charge in [-0.3, -0.25) is 4.90 Å². The van der Waals surface area contributed by atoms with Gasteiger partial charge in [-0.1, -0.05) is 6.07 Å². The van der Waals surface area contributed by atoms with Gasteiger partial charge in [-0.15, -0.1) is 11.3 Å². The molecule has 3 heterocycles. The Morgan fingerprint density at radius 3 is 2.71 bits per heavy atom. The summed E-state index contributed by atoms with van der Waals surface area (Å²) >= 11 is 1.70. The molecule has 1 saturated heterocycles. The number of hydrogen-bond acceptors (Lipinski definition) is 7. The Morgan fingerprint density at radius 1 is 1.25 bits per heavy atom. The average molecular weight is 398 g/mol. The normalized spacial score (nSPS) is 15.9. The highest BCUT2D eigenvalue weighted by Gasteiger charge is 2.24. The van der Waals surface area contributed by atoms with Crippen molar-refractivity contribution in [2.24, 2.45) is 0 Å². The van der Waals surface area contributed by atoms with Crippen molar-refractivity contribution in [3.8, 4) is 17.5 Å². The number of benzene rings is 1. The van der Waals surface area contributed by atoms with Crippen LogP contribution in [0.2, 0.25) is 0 Å². The number of aromatic nitrogens is 1. The summed E-state index contributed by atoms with van der Waals surface area (Å²) in [6.45, 7) is 3.71. The Balaban J connectivity index is 1.54. The lowest BCUT2D eigenvalue weighted by Crippen LogP contribution is -2.41. The maximum absolute atomic E-state index is 13.1. The predicted molar refractivity (Wildman–Crippen MR) is 105 cm³/mol. The molecule has 0 spiro atoms. The lowest BCUT2D eigenvalue weighted by Gasteiger charge is -2.34. The van der Waals surface area contributed by atoms with E-state index in [0.717, 1.165) is 13.1 Å². The van der Waals surface area contributed by atoms with Gasteiger partial charge in [0.15, 0.2) is 0 Å². The summed E-state index contributed by atoms with van der Waals surface area (Å²) in [5.41, 5.74) is 0.806.